The molecule has 1 aliphatic heterocycles. The van der Waals surface area contributed by atoms with Gasteiger partial charge in [-0.2, -0.15) is 0 Å². The average Bonchev–Trinajstić information content (AvgIpc) is 2.50. The van der Waals surface area contributed by atoms with Crippen LogP contribution in [0.2, 0.25) is 0 Å². The number of esters is 1. The van der Waals surface area contributed by atoms with Gasteiger partial charge in [-0.3, -0.25) is 9.59 Å². The Morgan fingerprint density at radius 1 is 1.19 bits per heavy atom. The van der Waals surface area contributed by atoms with E-state index in [1.807, 2.05) is 4.90 Å². The van der Waals surface area contributed by atoms with Crippen LogP contribution in [0.25, 0.3) is 0 Å². The number of amides is 1. The summed E-state index contributed by atoms with van der Waals surface area (Å²) in [5, 5.41) is 0. The van der Waals surface area contributed by atoms with E-state index in [1.165, 1.54) is 32.8 Å². The summed E-state index contributed by atoms with van der Waals surface area (Å²) in [4.78, 5) is 25.2. The third-order valence-corrected chi connectivity index (χ3v) is 3.86. The second-order valence-corrected chi connectivity index (χ2v) is 5.63. The van der Waals surface area contributed by atoms with Crippen LogP contribution < -0.4 is 0 Å². The minimum Gasteiger partial charge on any atom is -0.469 e. The average molecular weight is 299 g/mol. The molecule has 0 bridgehead atoms. The van der Waals surface area contributed by atoms with Crippen LogP contribution >= 0.6 is 0 Å². The SMILES string of the molecule is CCCCCCCCC(=O)N1CCOC(CC(=O)OC)C1. The number of carbonyl (C=O) groups excluding carboxylic acids is 2. The van der Waals surface area contributed by atoms with E-state index in [-0.39, 0.29) is 24.4 Å². The molecular formula is C16H29NO4. The van der Waals surface area contributed by atoms with Crippen LogP contribution in [-0.2, 0) is 19.1 Å². The van der Waals surface area contributed by atoms with E-state index in [4.69, 9.17) is 4.74 Å². The standard InChI is InChI=1S/C16H29NO4/c1-3-4-5-6-7-8-9-15(18)17-10-11-21-14(13-17)12-16(19)20-2/h14H,3-13H2,1-2H3. The van der Waals surface area contributed by atoms with Crippen LogP contribution in [0.3, 0.4) is 0 Å². The summed E-state index contributed by atoms with van der Waals surface area (Å²) in [6.07, 6.45) is 7.71. The molecule has 1 atom stereocenters. The predicted octanol–water partition coefficient (Wildman–Crippen LogP) is 2.53. The molecule has 122 valence electrons. The van der Waals surface area contributed by atoms with Gasteiger partial charge in [0, 0.05) is 19.5 Å². The predicted molar refractivity (Wildman–Crippen MR) is 80.9 cm³/mol. The number of hydrogen-bond donors (Lipinski definition) is 0. The number of ether oxygens (including phenoxy) is 2. The molecule has 1 saturated heterocycles. The first-order valence-electron chi connectivity index (χ1n) is 8.13. The van der Waals surface area contributed by atoms with E-state index in [0.29, 0.717) is 26.1 Å². The van der Waals surface area contributed by atoms with Crippen LogP contribution in [0.4, 0.5) is 0 Å². The Labute approximate surface area is 128 Å². The molecule has 1 rings (SSSR count). The number of hydrogen-bond acceptors (Lipinski definition) is 4. The summed E-state index contributed by atoms with van der Waals surface area (Å²) in [5.41, 5.74) is 0. The highest BCUT2D eigenvalue weighted by atomic mass is 16.5. The van der Waals surface area contributed by atoms with E-state index >= 15 is 0 Å². The summed E-state index contributed by atoms with van der Waals surface area (Å²) in [6, 6.07) is 0. The van der Waals surface area contributed by atoms with Crippen molar-refractivity contribution in [3.63, 3.8) is 0 Å². The van der Waals surface area contributed by atoms with E-state index < -0.39 is 0 Å². The van der Waals surface area contributed by atoms with Gasteiger partial charge in [0.2, 0.25) is 5.91 Å². The van der Waals surface area contributed by atoms with Crippen molar-refractivity contribution >= 4 is 11.9 Å². The summed E-state index contributed by atoms with van der Waals surface area (Å²) in [5.74, 6) is -0.103. The highest BCUT2D eigenvalue weighted by Crippen LogP contribution is 2.13. The lowest BCUT2D eigenvalue weighted by atomic mass is 10.1. The molecule has 21 heavy (non-hydrogen) atoms. The third-order valence-electron chi connectivity index (χ3n) is 3.86. The Balaban J connectivity index is 2.19. The molecule has 1 amide bonds. The molecule has 0 spiro atoms. The minimum absolute atomic E-state index is 0.184. The zero-order valence-electron chi connectivity index (χ0n) is 13.4. The minimum atomic E-state index is -0.287. The highest BCUT2D eigenvalue weighted by molar-refractivity contribution is 5.76. The monoisotopic (exact) mass is 299 g/mol. The van der Waals surface area contributed by atoms with Gasteiger partial charge >= 0.3 is 5.97 Å². The molecule has 0 aromatic carbocycles. The quantitative estimate of drug-likeness (QED) is 0.485. The Hall–Kier alpha value is -1.10. The lowest BCUT2D eigenvalue weighted by molar-refractivity contribution is -0.150. The molecule has 0 aliphatic carbocycles. The molecule has 1 fully saturated rings. The number of methoxy groups -OCH3 is 1. The number of carbonyl (C=O) groups is 2. The number of unbranched alkanes of at least 4 members (excludes halogenated alkanes) is 5. The summed E-state index contributed by atoms with van der Waals surface area (Å²) < 4.78 is 10.1. The molecular weight excluding hydrogens is 270 g/mol. The van der Waals surface area contributed by atoms with Crippen molar-refractivity contribution in [2.75, 3.05) is 26.8 Å². The first-order chi connectivity index (χ1) is 10.2. The molecule has 0 N–H and O–H groups in total. The van der Waals surface area contributed by atoms with Gasteiger partial charge in [-0.1, -0.05) is 39.0 Å². The fourth-order valence-electron chi connectivity index (χ4n) is 2.55. The summed E-state index contributed by atoms with van der Waals surface area (Å²) >= 11 is 0. The van der Waals surface area contributed by atoms with Gasteiger partial charge in [-0.05, 0) is 6.42 Å². The normalized spacial score (nSPS) is 18.6. The van der Waals surface area contributed by atoms with Gasteiger partial charge in [0.25, 0.3) is 0 Å². The van der Waals surface area contributed by atoms with Gasteiger partial charge in [-0.25, -0.2) is 0 Å². The van der Waals surface area contributed by atoms with Crippen molar-refractivity contribution in [3.8, 4) is 0 Å². The molecule has 1 aliphatic rings. The zero-order valence-corrected chi connectivity index (χ0v) is 13.4. The second-order valence-electron chi connectivity index (χ2n) is 5.63. The summed E-state index contributed by atoms with van der Waals surface area (Å²) in [6.45, 7) is 3.84. The zero-order chi connectivity index (χ0) is 15.5. The molecule has 1 heterocycles. The van der Waals surface area contributed by atoms with Crippen LogP contribution in [0.5, 0.6) is 0 Å². The van der Waals surface area contributed by atoms with E-state index in [9.17, 15) is 9.59 Å². The first kappa shape index (κ1) is 18.0. The number of nitrogens with zero attached hydrogens (tertiary/aromatic N) is 1. The molecule has 0 radical (unpaired) electrons. The number of rotatable bonds is 9. The van der Waals surface area contributed by atoms with Gasteiger partial charge in [-0.15, -0.1) is 0 Å². The molecule has 1 unspecified atom stereocenters. The topological polar surface area (TPSA) is 55.8 Å². The highest BCUT2D eigenvalue weighted by Gasteiger charge is 2.25. The lowest BCUT2D eigenvalue weighted by Crippen LogP contribution is -2.46. The Bertz CT molecular complexity index is 319. The third kappa shape index (κ3) is 7.46. The van der Waals surface area contributed by atoms with Crippen molar-refractivity contribution in [1.29, 1.82) is 0 Å². The van der Waals surface area contributed by atoms with Gasteiger partial charge in [0.15, 0.2) is 0 Å². The van der Waals surface area contributed by atoms with Crippen molar-refractivity contribution in [3.05, 3.63) is 0 Å². The fourth-order valence-corrected chi connectivity index (χ4v) is 2.55. The van der Waals surface area contributed by atoms with Crippen LogP contribution in [-0.4, -0.2) is 49.7 Å². The van der Waals surface area contributed by atoms with E-state index in [0.717, 1.165) is 12.8 Å². The maximum atomic E-state index is 12.1. The van der Waals surface area contributed by atoms with Crippen molar-refractivity contribution < 1.29 is 19.1 Å². The molecule has 0 aromatic heterocycles. The van der Waals surface area contributed by atoms with Gasteiger partial charge < -0.3 is 14.4 Å². The Morgan fingerprint density at radius 2 is 1.90 bits per heavy atom. The van der Waals surface area contributed by atoms with Crippen LogP contribution in [0.1, 0.15) is 58.3 Å². The Kier molecular flexibility index (Phi) is 9.06. The first-order valence-corrected chi connectivity index (χ1v) is 8.13. The summed E-state index contributed by atoms with van der Waals surface area (Å²) in [7, 11) is 1.37. The largest absolute Gasteiger partial charge is 0.469 e. The van der Waals surface area contributed by atoms with E-state index in [2.05, 4.69) is 11.7 Å². The van der Waals surface area contributed by atoms with Crippen LogP contribution in [0.15, 0.2) is 0 Å². The molecule has 0 aromatic rings. The molecule has 0 saturated carbocycles. The smallest absolute Gasteiger partial charge is 0.308 e. The second kappa shape index (κ2) is 10.6. The lowest BCUT2D eigenvalue weighted by Gasteiger charge is -2.32. The van der Waals surface area contributed by atoms with Crippen molar-refractivity contribution in [2.45, 2.75) is 64.4 Å². The maximum Gasteiger partial charge on any atom is 0.308 e. The number of morpholine rings is 1. The Morgan fingerprint density at radius 3 is 2.62 bits per heavy atom. The fraction of sp³-hybridized carbons (Fsp3) is 0.875. The van der Waals surface area contributed by atoms with Gasteiger partial charge in [0.05, 0.1) is 26.2 Å². The molecule has 5 heteroatoms. The van der Waals surface area contributed by atoms with Crippen molar-refractivity contribution in [2.24, 2.45) is 0 Å². The van der Waals surface area contributed by atoms with Crippen LogP contribution in [0, 0.1) is 0 Å². The maximum absolute atomic E-state index is 12.1. The van der Waals surface area contributed by atoms with Gasteiger partial charge in [0.1, 0.15) is 0 Å². The van der Waals surface area contributed by atoms with Crippen molar-refractivity contribution in [1.82, 2.24) is 4.90 Å². The van der Waals surface area contributed by atoms with E-state index in [1.54, 1.807) is 0 Å². The molecule has 5 nitrogen and oxygen atoms in total.